The Bertz CT molecular complexity index is 648. The molecule has 0 saturated heterocycles. The fraction of sp³-hybridized carbons (Fsp3) is 0.0769. The van der Waals surface area contributed by atoms with E-state index in [0.29, 0.717) is 6.54 Å². The highest BCUT2D eigenvalue weighted by Crippen LogP contribution is 2.18. The summed E-state index contributed by atoms with van der Waals surface area (Å²) in [4.78, 5) is 0. The van der Waals surface area contributed by atoms with Crippen LogP contribution in [0.1, 0.15) is 5.56 Å². The van der Waals surface area contributed by atoms with Crippen LogP contribution >= 0.6 is 12.4 Å². The van der Waals surface area contributed by atoms with Gasteiger partial charge in [-0.2, -0.15) is 0 Å². The van der Waals surface area contributed by atoms with Crippen LogP contribution in [-0.2, 0) is 6.54 Å². The van der Waals surface area contributed by atoms with Gasteiger partial charge in [0.05, 0.1) is 0 Å². The van der Waals surface area contributed by atoms with E-state index in [1.54, 1.807) is 0 Å². The second-order valence-electron chi connectivity index (χ2n) is 3.86. The number of hydrogen-bond donors (Lipinski definition) is 1. The Balaban J connectivity index is 0.00000120. The van der Waals surface area contributed by atoms with Gasteiger partial charge in [0.1, 0.15) is 0 Å². The second-order valence-corrected chi connectivity index (χ2v) is 3.86. The molecule has 3 rings (SSSR count). The van der Waals surface area contributed by atoms with Gasteiger partial charge < -0.3 is 5.73 Å². The van der Waals surface area contributed by atoms with Gasteiger partial charge in [-0.25, -0.2) is 0 Å². The summed E-state index contributed by atoms with van der Waals surface area (Å²) in [6.45, 7) is 0.516. The van der Waals surface area contributed by atoms with Crippen LogP contribution in [0, 0.1) is 0 Å². The molecule has 0 bridgehead atoms. The van der Waals surface area contributed by atoms with E-state index in [1.165, 1.54) is 0 Å². The average Bonchev–Trinajstić information content (AvgIpc) is 2.82. The third-order valence-corrected chi connectivity index (χ3v) is 2.73. The molecule has 0 atom stereocenters. The first-order chi connectivity index (χ1) is 8.38. The van der Waals surface area contributed by atoms with Crippen molar-refractivity contribution in [3.63, 3.8) is 0 Å². The highest BCUT2D eigenvalue weighted by Gasteiger charge is 2.07. The van der Waals surface area contributed by atoms with Crippen LogP contribution in [-0.4, -0.2) is 14.6 Å². The van der Waals surface area contributed by atoms with Gasteiger partial charge in [0, 0.05) is 18.3 Å². The molecule has 4 nitrogen and oxygen atoms in total. The highest BCUT2D eigenvalue weighted by molar-refractivity contribution is 5.85. The van der Waals surface area contributed by atoms with Crippen LogP contribution in [0.15, 0.2) is 48.7 Å². The van der Waals surface area contributed by atoms with E-state index in [1.807, 2.05) is 53.1 Å². The second kappa shape index (κ2) is 5.16. The molecule has 0 spiro atoms. The van der Waals surface area contributed by atoms with E-state index in [4.69, 9.17) is 5.73 Å². The number of pyridine rings is 1. The monoisotopic (exact) mass is 260 g/mol. The third kappa shape index (κ3) is 2.08. The summed E-state index contributed by atoms with van der Waals surface area (Å²) in [5, 5.41) is 8.36. The van der Waals surface area contributed by atoms with Gasteiger partial charge in [-0.05, 0) is 11.6 Å². The smallest absolute Gasteiger partial charge is 0.168 e. The molecule has 0 aliphatic rings. The van der Waals surface area contributed by atoms with E-state index >= 15 is 0 Å². The molecule has 1 aromatic carbocycles. The van der Waals surface area contributed by atoms with Crippen LogP contribution in [0.4, 0.5) is 0 Å². The van der Waals surface area contributed by atoms with Crippen LogP contribution in [0.2, 0.25) is 0 Å². The molecule has 2 heterocycles. The summed E-state index contributed by atoms with van der Waals surface area (Å²) in [6.07, 6.45) is 1.98. The van der Waals surface area contributed by atoms with Crippen molar-refractivity contribution in [3.05, 3.63) is 54.2 Å². The maximum Gasteiger partial charge on any atom is 0.168 e. The first kappa shape index (κ1) is 12.5. The van der Waals surface area contributed by atoms with Gasteiger partial charge >= 0.3 is 0 Å². The van der Waals surface area contributed by atoms with Crippen LogP contribution in [0.5, 0.6) is 0 Å². The van der Waals surface area contributed by atoms with E-state index in [-0.39, 0.29) is 12.4 Å². The molecule has 0 unspecified atom stereocenters. The SMILES string of the molecule is Cl.NCc1ccc2nnc(-c3ccccc3)n2c1. The number of halogens is 1. The minimum Gasteiger partial charge on any atom is -0.326 e. The Kier molecular flexibility index (Phi) is 3.60. The molecule has 0 radical (unpaired) electrons. The van der Waals surface area contributed by atoms with Gasteiger partial charge in [-0.1, -0.05) is 36.4 Å². The standard InChI is InChI=1S/C13H12N4.ClH/c14-8-10-6-7-12-15-16-13(17(12)9-10)11-4-2-1-3-5-11;/h1-7,9H,8,14H2;1H. The minimum absolute atomic E-state index is 0. The topological polar surface area (TPSA) is 56.2 Å². The molecule has 0 aliphatic carbocycles. The lowest BCUT2D eigenvalue weighted by atomic mass is 10.2. The molecule has 18 heavy (non-hydrogen) atoms. The number of rotatable bonds is 2. The zero-order valence-corrected chi connectivity index (χ0v) is 10.5. The lowest BCUT2D eigenvalue weighted by Gasteiger charge is -2.01. The lowest BCUT2D eigenvalue weighted by molar-refractivity contribution is 1.03. The zero-order chi connectivity index (χ0) is 11.7. The molecule has 0 saturated carbocycles. The van der Waals surface area contributed by atoms with Crippen molar-refractivity contribution in [1.82, 2.24) is 14.6 Å². The maximum absolute atomic E-state index is 5.64. The first-order valence-electron chi connectivity index (χ1n) is 5.47. The third-order valence-electron chi connectivity index (χ3n) is 2.73. The Labute approximate surface area is 111 Å². The van der Waals surface area contributed by atoms with Crippen LogP contribution < -0.4 is 5.73 Å². The van der Waals surface area contributed by atoms with E-state index in [2.05, 4.69) is 10.2 Å². The predicted molar refractivity (Wildman–Crippen MR) is 73.6 cm³/mol. The summed E-state index contributed by atoms with van der Waals surface area (Å²) in [6, 6.07) is 13.9. The molecule has 2 N–H and O–H groups in total. The highest BCUT2D eigenvalue weighted by atomic mass is 35.5. The summed E-state index contributed by atoms with van der Waals surface area (Å²) in [7, 11) is 0. The Morgan fingerprint density at radius 2 is 1.78 bits per heavy atom. The number of fused-ring (bicyclic) bond motifs is 1. The Morgan fingerprint density at radius 3 is 2.50 bits per heavy atom. The molecular weight excluding hydrogens is 248 g/mol. The van der Waals surface area contributed by atoms with Crippen molar-refractivity contribution < 1.29 is 0 Å². The molecule has 5 heteroatoms. The summed E-state index contributed by atoms with van der Waals surface area (Å²) in [5.74, 6) is 0.843. The van der Waals surface area contributed by atoms with E-state index in [0.717, 1.165) is 22.6 Å². The number of nitrogens with zero attached hydrogens (tertiary/aromatic N) is 3. The molecule has 92 valence electrons. The van der Waals surface area contributed by atoms with E-state index in [9.17, 15) is 0 Å². The van der Waals surface area contributed by atoms with Crippen molar-refractivity contribution >= 4 is 18.1 Å². The van der Waals surface area contributed by atoms with Gasteiger partial charge in [-0.15, -0.1) is 22.6 Å². The van der Waals surface area contributed by atoms with Crippen LogP contribution in [0.3, 0.4) is 0 Å². The van der Waals surface area contributed by atoms with E-state index < -0.39 is 0 Å². The van der Waals surface area contributed by atoms with Crippen LogP contribution in [0.25, 0.3) is 17.0 Å². The minimum atomic E-state index is 0. The summed E-state index contributed by atoms with van der Waals surface area (Å²) in [5.41, 5.74) is 8.59. The fourth-order valence-corrected chi connectivity index (χ4v) is 1.84. The fourth-order valence-electron chi connectivity index (χ4n) is 1.84. The molecular formula is C13H13ClN4. The van der Waals surface area contributed by atoms with Gasteiger partial charge in [-0.3, -0.25) is 4.40 Å². The lowest BCUT2D eigenvalue weighted by Crippen LogP contribution is -1.99. The molecule has 3 aromatic rings. The van der Waals surface area contributed by atoms with Gasteiger partial charge in [0.15, 0.2) is 11.5 Å². The molecule has 2 aromatic heterocycles. The van der Waals surface area contributed by atoms with Crippen molar-refractivity contribution in [3.8, 4) is 11.4 Å². The number of nitrogens with two attached hydrogens (primary N) is 1. The first-order valence-corrected chi connectivity index (χ1v) is 5.47. The Hall–Kier alpha value is -1.91. The summed E-state index contributed by atoms with van der Waals surface area (Å²) >= 11 is 0. The van der Waals surface area contributed by atoms with Crippen molar-refractivity contribution in [2.75, 3.05) is 0 Å². The normalized spacial score (nSPS) is 10.3. The number of benzene rings is 1. The van der Waals surface area contributed by atoms with Crippen molar-refractivity contribution in [2.24, 2.45) is 5.73 Å². The maximum atomic E-state index is 5.64. The number of hydrogen-bond acceptors (Lipinski definition) is 3. The molecule has 0 aliphatic heterocycles. The number of aromatic nitrogens is 3. The summed E-state index contributed by atoms with van der Waals surface area (Å²) < 4.78 is 1.97. The molecule has 0 fully saturated rings. The Morgan fingerprint density at radius 1 is 1.00 bits per heavy atom. The zero-order valence-electron chi connectivity index (χ0n) is 9.65. The van der Waals surface area contributed by atoms with Gasteiger partial charge in [0.2, 0.25) is 0 Å². The average molecular weight is 261 g/mol. The predicted octanol–water partition coefficient (Wildman–Crippen LogP) is 2.28. The van der Waals surface area contributed by atoms with Crippen molar-refractivity contribution in [2.45, 2.75) is 6.54 Å². The quantitative estimate of drug-likeness (QED) is 0.769. The molecule has 0 amide bonds. The van der Waals surface area contributed by atoms with Crippen molar-refractivity contribution in [1.29, 1.82) is 0 Å². The van der Waals surface area contributed by atoms with Gasteiger partial charge in [0.25, 0.3) is 0 Å². The largest absolute Gasteiger partial charge is 0.326 e.